The van der Waals surface area contributed by atoms with Crippen LogP contribution in [0.4, 0.5) is 5.82 Å². The van der Waals surface area contributed by atoms with Gasteiger partial charge in [-0.1, -0.05) is 44.3 Å². The minimum atomic E-state index is 0.456. The van der Waals surface area contributed by atoms with E-state index in [4.69, 9.17) is 22.9 Å². The number of nitrogens with two attached hydrogens (primary N) is 1. The summed E-state index contributed by atoms with van der Waals surface area (Å²) in [5, 5.41) is 3.49. The SMILES string of the molecule is NC(=S)c1cc2c(nc1NCCC1CCCCC1)CCC2. The average Bonchev–Trinajstić information content (AvgIpc) is 2.94. The minimum Gasteiger partial charge on any atom is -0.389 e. The molecule has 0 unspecified atom stereocenters. The van der Waals surface area contributed by atoms with Crippen molar-refractivity contribution in [3.8, 4) is 0 Å². The van der Waals surface area contributed by atoms with Crippen LogP contribution in [0, 0.1) is 5.92 Å². The molecule has 1 aromatic heterocycles. The Bertz CT molecular complexity index is 521. The molecule has 0 radical (unpaired) electrons. The maximum atomic E-state index is 5.87. The van der Waals surface area contributed by atoms with Gasteiger partial charge in [-0.3, -0.25) is 0 Å². The zero-order valence-electron chi connectivity index (χ0n) is 12.7. The van der Waals surface area contributed by atoms with E-state index in [-0.39, 0.29) is 0 Å². The summed E-state index contributed by atoms with van der Waals surface area (Å²) in [4.78, 5) is 5.23. The van der Waals surface area contributed by atoms with Crippen LogP contribution in [0.5, 0.6) is 0 Å². The second kappa shape index (κ2) is 6.73. The Kier molecular flexibility index (Phi) is 4.73. The normalized spacial score (nSPS) is 18.5. The summed E-state index contributed by atoms with van der Waals surface area (Å²) < 4.78 is 0. The molecule has 0 aromatic carbocycles. The number of thiocarbonyl (C=S) groups is 1. The zero-order chi connectivity index (χ0) is 14.7. The van der Waals surface area contributed by atoms with Crippen molar-refractivity contribution in [1.29, 1.82) is 0 Å². The van der Waals surface area contributed by atoms with E-state index >= 15 is 0 Å². The summed E-state index contributed by atoms with van der Waals surface area (Å²) in [6.07, 6.45) is 11.6. The largest absolute Gasteiger partial charge is 0.389 e. The average molecular weight is 303 g/mol. The third-order valence-corrected chi connectivity index (χ3v) is 5.11. The fourth-order valence-electron chi connectivity index (χ4n) is 3.67. The van der Waals surface area contributed by atoms with Gasteiger partial charge in [0, 0.05) is 12.2 Å². The molecule has 0 saturated heterocycles. The summed E-state index contributed by atoms with van der Waals surface area (Å²) in [6.45, 7) is 0.978. The summed E-state index contributed by atoms with van der Waals surface area (Å²) in [5.41, 5.74) is 9.36. The van der Waals surface area contributed by atoms with E-state index < -0.39 is 0 Å². The van der Waals surface area contributed by atoms with E-state index in [1.807, 2.05) is 0 Å². The lowest BCUT2D eigenvalue weighted by Crippen LogP contribution is -2.18. The predicted octanol–water partition coefficient (Wildman–Crippen LogP) is 3.59. The van der Waals surface area contributed by atoms with Gasteiger partial charge in [0.1, 0.15) is 10.8 Å². The molecule has 2 aliphatic rings. The zero-order valence-corrected chi connectivity index (χ0v) is 13.5. The number of hydrogen-bond donors (Lipinski definition) is 2. The minimum absolute atomic E-state index is 0.456. The molecule has 3 rings (SSSR count). The van der Waals surface area contributed by atoms with E-state index in [1.54, 1.807) is 0 Å². The van der Waals surface area contributed by atoms with Crippen LogP contribution in [0.1, 0.15) is 61.8 Å². The lowest BCUT2D eigenvalue weighted by molar-refractivity contribution is 0.345. The van der Waals surface area contributed by atoms with Crippen molar-refractivity contribution in [3.05, 3.63) is 22.9 Å². The molecular weight excluding hydrogens is 278 g/mol. The van der Waals surface area contributed by atoms with Crippen LogP contribution in [0.2, 0.25) is 0 Å². The van der Waals surface area contributed by atoms with Gasteiger partial charge in [0.15, 0.2) is 0 Å². The number of hydrogen-bond acceptors (Lipinski definition) is 3. The molecule has 1 heterocycles. The Labute approximate surface area is 132 Å². The molecule has 0 spiro atoms. The molecule has 0 aliphatic heterocycles. The highest BCUT2D eigenvalue weighted by Crippen LogP contribution is 2.28. The van der Waals surface area contributed by atoms with Crippen molar-refractivity contribution in [2.45, 2.75) is 57.8 Å². The third-order valence-electron chi connectivity index (χ3n) is 4.89. The Balaban J connectivity index is 1.65. The van der Waals surface area contributed by atoms with E-state index in [2.05, 4.69) is 11.4 Å². The molecular formula is C17H25N3S. The highest BCUT2D eigenvalue weighted by Gasteiger charge is 2.18. The number of aryl methyl sites for hydroxylation is 2. The predicted molar refractivity (Wildman–Crippen MR) is 91.8 cm³/mol. The van der Waals surface area contributed by atoms with Crippen molar-refractivity contribution in [2.75, 3.05) is 11.9 Å². The first-order chi connectivity index (χ1) is 10.2. The van der Waals surface area contributed by atoms with Gasteiger partial charge < -0.3 is 11.1 Å². The molecule has 1 fully saturated rings. The van der Waals surface area contributed by atoms with E-state index in [0.717, 1.165) is 36.7 Å². The number of rotatable bonds is 5. The summed E-state index contributed by atoms with van der Waals surface area (Å²) in [5.74, 6) is 1.79. The van der Waals surface area contributed by atoms with Gasteiger partial charge in [-0.05, 0) is 43.2 Å². The smallest absolute Gasteiger partial charge is 0.136 e. The van der Waals surface area contributed by atoms with Crippen LogP contribution < -0.4 is 11.1 Å². The Morgan fingerprint density at radius 1 is 1.24 bits per heavy atom. The van der Waals surface area contributed by atoms with Crippen LogP contribution in [0.25, 0.3) is 0 Å². The van der Waals surface area contributed by atoms with Crippen molar-refractivity contribution in [1.82, 2.24) is 4.98 Å². The quantitative estimate of drug-likeness (QED) is 0.816. The fraction of sp³-hybridized carbons (Fsp3) is 0.647. The van der Waals surface area contributed by atoms with Crippen LogP contribution in [0.15, 0.2) is 6.07 Å². The second-order valence-electron chi connectivity index (χ2n) is 6.43. The third kappa shape index (κ3) is 3.54. The van der Waals surface area contributed by atoms with Crippen molar-refractivity contribution >= 4 is 23.0 Å². The lowest BCUT2D eigenvalue weighted by atomic mass is 9.87. The molecule has 21 heavy (non-hydrogen) atoms. The monoisotopic (exact) mass is 303 g/mol. The molecule has 3 N–H and O–H groups in total. The topological polar surface area (TPSA) is 50.9 Å². The van der Waals surface area contributed by atoms with Gasteiger partial charge in [-0.15, -0.1) is 0 Å². The maximum absolute atomic E-state index is 5.87. The van der Waals surface area contributed by atoms with Crippen LogP contribution in [-0.4, -0.2) is 16.5 Å². The van der Waals surface area contributed by atoms with E-state index in [0.29, 0.717) is 4.99 Å². The lowest BCUT2D eigenvalue weighted by Gasteiger charge is -2.22. The Morgan fingerprint density at radius 2 is 2.05 bits per heavy atom. The summed E-state index contributed by atoms with van der Waals surface area (Å²) in [7, 11) is 0. The Morgan fingerprint density at radius 3 is 2.81 bits per heavy atom. The van der Waals surface area contributed by atoms with E-state index in [9.17, 15) is 0 Å². The molecule has 2 aliphatic carbocycles. The van der Waals surface area contributed by atoms with Crippen molar-refractivity contribution < 1.29 is 0 Å². The van der Waals surface area contributed by atoms with Crippen LogP contribution in [-0.2, 0) is 12.8 Å². The van der Waals surface area contributed by atoms with Crippen molar-refractivity contribution in [3.63, 3.8) is 0 Å². The number of anilines is 1. The first-order valence-electron chi connectivity index (χ1n) is 8.30. The second-order valence-corrected chi connectivity index (χ2v) is 6.87. The summed E-state index contributed by atoms with van der Waals surface area (Å²) in [6, 6.07) is 2.15. The molecule has 114 valence electrons. The molecule has 1 saturated carbocycles. The van der Waals surface area contributed by atoms with Crippen LogP contribution in [0.3, 0.4) is 0 Å². The fourth-order valence-corrected chi connectivity index (χ4v) is 3.82. The molecule has 4 heteroatoms. The molecule has 1 aromatic rings. The van der Waals surface area contributed by atoms with Gasteiger partial charge in [0.05, 0.1) is 5.56 Å². The Hall–Kier alpha value is -1.16. The first-order valence-corrected chi connectivity index (χ1v) is 8.71. The van der Waals surface area contributed by atoms with Gasteiger partial charge in [-0.25, -0.2) is 4.98 Å². The number of pyridine rings is 1. The van der Waals surface area contributed by atoms with Gasteiger partial charge in [0.2, 0.25) is 0 Å². The summed E-state index contributed by atoms with van der Waals surface area (Å²) >= 11 is 5.19. The van der Waals surface area contributed by atoms with Gasteiger partial charge in [-0.2, -0.15) is 0 Å². The standard InChI is InChI=1S/C17H25N3S/c18-16(21)14-11-13-7-4-8-15(13)20-17(14)19-10-9-12-5-2-1-3-6-12/h11-12H,1-10H2,(H2,18,21)(H,19,20). The van der Waals surface area contributed by atoms with E-state index in [1.165, 1.54) is 56.2 Å². The highest BCUT2D eigenvalue weighted by atomic mass is 32.1. The molecule has 0 bridgehead atoms. The van der Waals surface area contributed by atoms with Gasteiger partial charge >= 0.3 is 0 Å². The molecule has 0 amide bonds. The number of fused-ring (bicyclic) bond motifs is 1. The first kappa shape index (κ1) is 14.8. The van der Waals surface area contributed by atoms with Crippen molar-refractivity contribution in [2.24, 2.45) is 11.7 Å². The molecule has 3 nitrogen and oxygen atoms in total. The maximum Gasteiger partial charge on any atom is 0.136 e. The highest BCUT2D eigenvalue weighted by molar-refractivity contribution is 7.80. The number of aromatic nitrogens is 1. The number of nitrogens with one attached hydrogen (secondary N) is 1. The van der Waals surface area contributed by atoms with Gasteiger partial charge in [0.25, 0.3) is 0 Å². The number of nitrogens with zero attached hydrogens (tertiary/aromatic N) is 1. The molecule has 0 atom stereocenters. The van der Waals surface area contributed by atoms with Crippen LogP contribution >= 0.6 is 12.2 Å².